The van der Waals surface area contributed by atoms with Crippen molar-refractivity contribution in [2.24, 2.45) is 4.40 Å². The SMILES string of the molecule is Cc1c(C(=O)Nc2cccc(S(=O)(=O)/N=C3\CCCN3C)c2)sc2nc(C(F)(F)F)ccc12. The molecule has 0 radical (unpaired) electrons. The van der Waals surface area contributed by atoms with E-state index in [1.165, 1.54) is 30.3 Å². The number of rotatable bonds is 4. The van der Waals surface area contributed by atoms with Crippen LogP contribution < -0.4 is 5.32 Å². The molecular formula is C21H19F3N4O3S2. The number of thiophene rings is 1. The molecule has 1 fully saturated rings. The number of halogens is 3. The number of alkyl halides is 3. The molecule has 0 spiro atoms. The summed E-state index contributed by atoms with van der Waals surface area (Å²) in [6.07, 6.45) is -3.19. The van der Waals surface area contributed by atoms with Crippen molar-refractivity contribution in [2.45, 2.75) is 30.8 Å². The lowest BCUT2D eigenvalue weighted by Crippen LogP contribution is -2.20. The summed E-state index contributed by atoms with van der Waals surface area (Å²) in [4.78, 5) is 18.5. The number of nitrogens with zero attached hydrogens (tertiary/aromatic N) is 3. The van der Waals surface area contributed by atoms with Gasteiger partial charge in [-0.2, -0.15) is 21.6 Å². The molecule has 4 rings (SSSR count). The van der Waals surface area contributed by atoms with Crippen LogP contribution in [0.4, 0.5) is 18.9 Å². The van der Waals surface area contributed by atoms with Crippen LogP contribution in [0.25, 0.3) is 10.2 Å². The first-order chi connectivity index (χ1) is 15.5. The van der Waals surface area contributed by atoms with Crippen LogP contribution in [-0.4, -0.2) is 43.6 Å². The third-order valence-corrected chi connectivity index (χ3v) is 7.75. The lowest BCUT2D eigenvalue weighted by Gasteiger charge is -2.11. The van der Waals surface area contributed by atoms with Crippen molar-refractivity contribution in [3.8, 4) is 0 Å². The molecule has 1 aromatic carbocycles. The van der Waals surface area contributed by atoms with Gasteiger partial charge in [-0.15, -0.1) is 15.7 Å². The van der Waals surface area contributed by atoms with Gasteiger partial charge in [0.05, 0.1) is 9.77 Å². The van der Waals surface area contributed by atoms with Gasteiger partial charge in [-0.05, 0) is 49.2 Å². The Bertz CT molecular complexity index is 1380. The quantitative estimate of drug-likeness (QED) is 0.566. The standard InChI is InChI=1S/C21H19F3N4O3S2/c1-12-15-8-9-16(21(22,23)24)26-20(15)32-18(12)19(29)25-13-5-3-6-14(11-13)33(30,31)27-17-7-4-10-28(17)2/h3,5-6,8-9,11H,4,7,10H2,1-2H3,(H,25,29)/b27-17+. The Morgan fingerprint density at radius 2 is 2.00 bits per heavy atom. The van der Waals surface area contributed by atoms with E-state index in [9.17, 15) is 26.4 Å². The molecule has 3 aromatic rings. The fourth-order valence-electron chi connectivity index (χ4n) is 3.50. The number of hydrogen-bond donors (Lipinski definition) is 1. The van der Waals surface area contributed by atoms with Gasteiger partial charge in [-0.25, -0.2) is 4.98 Å². The lowest BCUT2D eigenvalue weighted by atomic mass is 10.1. The topological polar surface area (TPSA) is 91.7 Å². The average molecular weight is 497 g/mol. The molecule has 2 aromatic heterocycles. The number of amidine groups is 1. The number of amides is 1. The number of anilines is 1. The van der Waals surface area contributed by atoms with Gasteiger partial charge in [0.25, 0.3) is 15.9 Å². The van der Waals surface area contributed by atoms with Crippen LogP contribution in [-0.2, 0) is 16.2 Å². The molecule has 0 saturated carbocycles. The van der Waals surface area contributed by atoms with Crippen LogP contribution in [0.1, 0.15) is 33.8 Å². The van der Waals surface area contributed by atoms with E-state index in [0.717, 1.165) is 30.4 Å². The van der Waals surface area contributed by atoms with Crippen LogP contribution in [0.2, 0.25) is 0 Å². The van der Waals surface area contributed by atoms with Gasteiger partial charge in [0, 0.05) is 31.1 Å². The van der Waals surface area contributed by atoms with Gasteiger partial charge in [0.1, 0.15) is 16.4 Å². The van der Waals surface area contributed by atoms with Crippen LogP contribution in [0.3, 0.4) is 0 Å². The minimum atomic E-state index is -4.59. The summed E-state index contributed by atoms with van der Waals surface area (Å²) in [6, 6.07) is 7.86. The molecule has 0 atom stereocenters. The fraction of sp³-hybridized carbons (Fsp3) is 0.286. The fourth-order valence-corrected chi connectivity index (χ4v) is 5.71. The molecule has 33 heavy (non-hydrogen) atoms. The Morgan fingerprint density at radius 1 is 1.24 bits per heavy atom. The van der Waals surface area contributed by atoms with Crippen molar-refractivity contribution >= 4 is 49.0 Å². The summed E-state index contributed by atoms with van der Waals surface area (Å²) in [5.41, 5.74) is -0.314. The van der Waals surface area contributed by atoms with E-state index in [1.54, 1.807) is 18.9 Å². The zero-order valence-corrected chi connectivity index (χ0v) is 19.2. The number of likely N-dealkylation sites (tertiary alicyclic amines) is 1. The molecule has 1 saturated heterocycles. The van der Waals surface area contributed by atoms with Gasteiger partial charge in [0.15, 0.2) is 0 Å². The van der Waals surface area contributed by atoms with Crippen molar-refractivity contribution < 1.29 is 26.4 Å². The molecule has 174 valence electrons. The van der Waals surface area contributed by atoms with Gasteiger partial charge in [0.2, 0.25) is 0 Å². The van der Waals surface area contributed by atoms with E-state index >= 15 is 0 Å². The summed E-state index contributed by atoms with van der Waals surface area (Å²) in [6.45, 7) is 2.36. The lowest BCUT2D eigenvalue weighted by molar-refractivity contribution is -0.140. The van der Waals surface area contributed by atoms with Gasteiger partial charge >= 0.3 is 6.18 Å². The number of fused-ring (bicyclic) bond motifs is 1. The summed E-state index contributed by atoms with van der Waals surface area (Å²) in [7, 11) is -2.19. The molecule has 1 aliphatic rings. The van der Waals surface area contributed by atoms with Crippen molar-refractivity contribution in [2.75, 3.05) is 18.9 Å². The second-order valence-electron chi connectivity index (χ2n) is 7.59. The van der Waals surface area contributed by atoms with E-state index in [0.29, 0.717) is 23.2 Å². The minimum absolute atomic E-state index is 0.0716. The molecule has 0 bridgehead atoms. The molecule has 12 heteroatoms. The molecule has 1 aliphatic heterocycles. The molecular weight excluding hydrogens is 477 g/mol. The number of pyridine rings is 1. The highest BCUT2D eigenvalue weighted by Crippen LogP contribution is 2.34. The number of carbonyl (C=O) groups excluding carboxylic acids is 1. The third-order valence-electron chi connectivity index (χ3n) is 5.25. The summed E-state index contributed by atoms with van der Waals surface area (Å²) in [5.74, 6) is -0.0866. The third kappa shape index (κ3) is 4.71. The molecule has 3 heterocycles. The Labute approximate surface area is 192 Å². The van der Waals surface area contributed by atoms with E-state index in [4.69, 9.17) is 0 Å². The van der Waals surface area contributed by atoms with E-state index < -0.39 is 27.8 Å². The number of carbonyl (C=O) groups is 1. The predicted octanol–water partition coefficient (Wildman–Crippen LogP) is 4.69. The highest BCUT2D eigenvalue weighted by Gasteiger charge is 2.33. The number of benzene rings is 1. The molecule has 7 nitrogen and oxygen atoms in total. The zero-order chi connectivity index (χ0) is 24.0. The Balaban J connectivity index is 1.61. The van der Waals surface area contributed by atoms with Gasteiger partial charge in [-0.3, -0.25) is 4.79 Å². The number of hydrogen-bond acceptors (Lipinski definition) is 5. The van der Waals surface area contributed by atoms with Crippen LogP contribution in [0.5, 0.6) is 0 Å². The van der Waals surface area contributed by atoms with Crippen LogP contribution in [0, 0.1) is 6.92 Å². The van der Waals surface area contributed by atoms with Crippen LogP contribution >= 0.6 is 11.3 Å². The van der Waals surface area contributed by atoms with Crippen molar-refractivity contribution in [3.05, 3.63) is 52.5 Å². The zero-order valence-electron chi connectivity index (χ0n) is 17.6. The van der Waals surface area contributed by atoms with E-state index in [2.05, 4.69) is 14.7 Å². The molecule has 1 N–H and O–H groups in total. The number of nitrogens with one attached hydrogen (secondary N) is 1. The summed E-state index contributed by atoms with van der Waals surface area (Å²) >= 11 is 0.844. The molecule has 1 amide bonds. The first kappa shape index (κ1) is 23.2. The normalized spacial score (nSPS) is 16.0. The monoisotopic (exact) mass is 496 g/mol. The Morgan fingerprint density at radius 3 is 2.67 bits per heavy atom. The summed E-state index contributed by atoms with van der Waals surface area (Å²) in [5, 5.41) is 3.07. The maximum atomic E-state index is 13.0. The van der Waals surface area contributed by atoms with Gasteiger partial charge < -0.3 is 10.2 Å². The second-order valence-corrected chi connectivity index (χ2v) is 10.2. The average Bonchev–Trinajstić information content (AvgIpc) is 3.30. The summed E-state index contributed by atoms with van der Waals surface area (Å²) < 4.78 is 68.2. The number of aromatic nitrogens is 1. The van der Waals surface area contributed by atoms with Crippen molar-refractivity contribution in [1.29, 1.82) is 0 Å². The first-order valence-corrected chi connectivity index (χ1v) is 12.1. The predicted molar refractivity (Wildman–Crippen MR) is 120 cm³/mol. The van der Waals surface area contributed by atoms with E-state index in [-0.39, 0.29) is 20.3 Å². The maximum Gasteiger partial charge on any atom is 0.433 e. The highest BCUT2D eigenvalue weighted by atomic mass is 32.2. The van der Waals surface area contributed by atoms with E-state index in [1.807, 2.05) is 0 Å². The Kier molecular flexibility index (Phi) is 5.91. The molecule has 0 aliphatic carbocycles. The number of aryl methyl sites for hydroxylation is 1. The smallest absolute Gasteiger partial charge is 0.362 e. The maximum absolute atomic E-state index is 13.0. The largest absolute Gasteiger partial charge is 0.433 e. The number of sulfonamides is 1. The molecule has 0 unspecified atom stereocenters. The van der Waals surface area contributed by atoms with Crippen molar-refractivity contribution in [1.82, 2.24) is 9.88 Å². The van der Waals surface area contributed by atoms with Crippen LogP contribution in [0.15, 0.2) is 45.7 Å². The second kappa shape index (κ2) is 8.41. The van der Waals surface area contributed by atoms with Gasteiger partial charge in [-0.1, -0.05) is 6.07 Å². The Hall–Kier alpha value is -2.99. The highest BCUT2D eigenvalue weighted by molar-refractivity contribution is 7.90. The minimum Gasteiger partial charge on any atom is -0.362 e. The first-order valence-electron chi connectivity index (χ1n) is 9.89. The van der Waals surface area contributed by atoms with Crippen molar-refractivity contribution in [3.63, 3.8) is 0 Å².